The number of nitrogens with zero attached hydrogens (tertiary/aromatic N) is 3. The lowest BCUT2D eigenvalue weighted by Crippen LogP contribution is -2.29. The molecule has 1 heterocycles. The Morgan fingerprint density at radius 1 is 1.14 bits per heavy atom. The van der Waals surface area contributed by atoms with Crippen LogP contribution in [-0.4, -0.2) is 37.8 Å². The van der Waals surface area contributed by atoms with Gasteiger partial charge in [0.1, 0.15) is 0 Å². The van der Waals surface area contributed by atoms with Crippen LogP contribution in [-0.2, 0) is 0 Å². The van der Waals surface area contributed by atoms with Gasteiger partial charge in [-0.3, -0.25) is 0 Å². The summed E-state index contributed by atoms with van der Waals surface area (Å²) in [5.74, 6) is 0.476. The number of rotatable bonds is 2. The fourth-order valence-corrected chi connectivity index (χ4v) is 1.09. The highest BCUT2D eigenvalue weighted by molar-refractivity contribution is 6.58. The zero-order valence-corrected chi connectivity index (χ0v) is 7.12. The zero-order chi connectivity index (χ0) is 9.97. The molecule has 0 radical (unpaired) electrons. The van der Waals surface area contributed by atoms with Gasteiger partial charge in [0.25, 0.3) is 0 Å². The van der Waals surface area contributed by atoms with Crippen LogP contribution >= 0.6 is 0 Å². The van der Waals surface area contributed by atoms with Gasteiger partial charge in [-0.1, -0.05) is 24.3 Å². The molecule has 1 aromatic carbocycles. The molecule has 0 unspecified atom stereocenters. The summed E-state index contributed by atoms with van der Waals surface area (Å²) in [6, 6.07) is 6.58. The van der Waals surface area contributed by atoms with E-state index in [1.165, 1.54) is 0 Å². The van der Waals surface area contributed by atoms with Crippen molar-refractivity contribution in [2.24, 2.45) is 0 Å². The number of hydrogen-bond donors (Lipinski definition) is 3. The molecule has 0 aliphatic carbocycles. The third-order valence-electron chi connectivity index (χ3n) is 1.81. The number of benzene rings is 1. The topological polar surface area (TPSA) is 94.9 Å². The summed E-state index contributed by atoms with van der Waals surface area (Å²) in [7, 11) is -1.45. The molecule has 1 aromatic heterocycles. The van der Waals surface area contributed by atoms with Gasteiger partial charge in [-0.15, -0.1) is 10.2 Å². The summed E-state index contributed by atoms with van der Waals surface area (Å²) in [4.78, 5) is 0. The highest BCUT2D eigenvalue weighted by Crippen LogP contribution is 2.10. The molecule has 0 spiro atoms. The van der Waals surface area contributed by atoms with E-state index in [2.05, 4.69) is 20.6 Å². The van der Waals surface area contributed by atoms with E-state index < -0.39 is 7.12 Å². The minimum atomic E-state index is -1.45. The second-order valence-corrected chi connectivity index (χ2v) is 2.73. The summed E-state index contributed by atoms with van der Waals surface area (Å²) in [6.45, 7) is 0. The highest BCUT2D eigenvalue weighted by atomic mass is 16.4. The van der Waals surface area contributed by atoms with Crippen LogP contribution in [0.1, 0.15) is 0 Å². The van der Waals surface area contributed by atoms with E-state index in [9.17, 15) is 0 Å². The van der Waals surface area contributed by atoms with Crippen molar-refractivity contribution in [3.63, 3.8) is 0 Å². The molecule has 0 saturated carbocycles. The van der Waals surface area contributed by atoms with Gasteiger partial charge < -0.3 is 10.0 Å². The second-order valence-electron chi connectivity index (χ2n) is 2.73. The predicted octanol–water partition coefficient (Wildman–Crippen LogP) is -1.45. The second kappa shape index (κ2) is 3.56. The van der Waals surface area contributed by atoms with Crippen molar-refractivity contribution < 1.29 is 10.0 Å². The fourth-order valence-electron chi connectivity index (χ4n) is 1.09. The Labute approximate surface area is 79.7 Å². The lowest BCUT2D eigenvalue weighted by Gasteiger charge is -1.99. The number of tetrazole rings is 1. The van der Waals surface area contributed by atoms with Crippen molar-refractivity contribution in [3.8, 4) is 11.4 Å². The first-order chi connectivity index (χ1) is 6.77. The van der Waals surface area contributed by atoms with Gasteiger partial charge in [0.2, 0.25) is 5.82 Å². The number of aromatic amines is 1. The molecule has 0 saturated heterocycles. The Bertz CT molecular complexity index is 400. The maximum absolute atomic E-state index is 8.85. The Morgan fingerprint density at radius 3 is 2.36 bits per heavy atom. The van der Waals surface area contributed by atoms with Crippen LogP contribution in [0.2, 0.25) is 0 Å². The monoisotopic (exact) mass is 190 g/mol. The molecule has 14 heavy (non-hydrogen) atoms. The quantitative estimate of drug-likeness (QED) is 0.503. The summed E-state index contributed by atoms with van der Waals surface area (Å²) >= 11 is 0. The van der Waals surface area contributed by atoms with E-state index in [1.807, 2.05) is 0 Å². The van der Waals surface area contributed by atoms with Gasteiger partial charge in [-0.2, -0.15) is 5.21 Å². The SMILES string of the molecule is OB(O)c1ccc(-c2nn[nH]n2)cc1. The van der Waals surface area contributed by atoms with Gasteiger partial charge in [0.15, 0.2) is 0 Å². The van der Waals surface area contributed by atoms with E-state index in [-0.39, 0.29) is 0 Å². The fraction of sp³-hybridized carbons (Fsp3) is 0. The van der Waals surface area contributed by atoms with E-state index in [1.54, 1.807) is 24.3 Å². The van der Waals surface area contributed by atoms with E-state index in [0.29, 0.717) is 11.3 Å². The number of hydrogen-bond acceptors (Lipinski definition) is 5. The minimum Gasteiger partial charge on any atom is -0.423 e. The molecule has 7 heteroatoms. The smallest absolute Gasteiger partial charge is 0.423 e. The van der Waals surface area contributed by atoms with Crippen molar-refractivity contribution in [3.05, 3.63) is 24.3 Å². The molecule has 0 aliphatic heterocycles. The molecule has 3 N–H and O–H groups in total. The van der Waals surface area contributed by atoms with Crippen LogP contribution in [0, 0.1) is 0 Å². The minimum absolute atomic E-state index is 0.428. The first-order valence-corrected chi connectivity index (χ1v) is 3.97. The summed E-state index contributed by atoms with van der Waals surface area (Å²) in [5.41, 5.74) is 1.19. The molecule has 70 valence electrons. The molecule has 2 aromatic rings. The Hall–Kier alpha value is -1.73. The molecule has 6 nitrogen and oxygen atoms in total. The third-order valence-corrected chi connectivity index (χ3v) is 1.81. The normalized spacial score (nSPS) is 10.1. The van der Waals surface area contributed by atoms with Crippen LogP contribution in [0.4, 0.5) is 0 Å². The molecule has 0 aliphatic rings. The Balaban J connectivity index is 2.31. The molecule has 0 fully saturated rings. The first kappa shape index (κ1) is 8.85. The lowest BCUT2D eigenvalue weighted by atomic mass is 9.80. The molecule has 0 bridgehead atoms. The van der Waals surface area contributed by atoms with Crippen molar-refractivity contribution in [2.45, 2.75) is 0 Å². The number of aromatic nitrogens is 4. The van der Waals surface area contributed by atoms with E-state index in [4.69, 9.17) is 10.0 Å². The van der Waals surface area contributed by atoms with Gasteiger partial charge in [0, 0.05) is 5.56 Å². The van der Waals surface area contributed by atoms with Crippen LogP contribution in [0.3, 0.4) is 0 Å². The van der Waals surface area contributed by atoms with Crippen LogP contribution in [0.5, 0.6) is 0 Å². The molecule has 2 rings (SSSR count). The van der Waals surface area contributed by atoms with E-state index in [0.717, 1.165) is 5.56 Å². The largest absolute Gasteiger partial charge is 0.488 e. The van der Waals surface area contributed by atoms with Gasteiger partial charge in [-0.05, 0) is 10.7 Å². The third kappa shape index (κ3) is 1.63. The molecular weight excluding hydrogens is 183 g/mol. The van der Waals surface area contributed by atoms with Crippen molar-refractivity contribution in [1.82, 2.24) is 20.6 Å². The van der Waals surface area contributed by atoms with E-state index >= 15 is 0 Å². The molecule has 0 amide bonds. The average Bonchev–Trinajstić information content (AvgIpc) is 2.71. The summed E-state index contributed by atoms with van der Waals surface area (Å²) < 4.78 is 0. The average molecular weight is 190 g/mol. The molecular formula is C7H7BN4O2. The Morgan fingerprint density at radius 2 is 1.86 bits per heavy atom. The van der Waals surface area contributed by atoms with Crippen molar-refractivity contribution >= 4 is 12.6 Å². The summed E-state index contributed by atoms with van der Waals surface area (Å²) in [5, 5.41) is 31.0. The van der Waals surface area contributed by atoms with Crippen LogP contribution in [0.25, 0.3) is 11.4 Å². The summed E-state index contributed by atoms with van der Waals surface area (Å²) in [6.07, 6.45) is 0. The zero-order valence-electron chi connectivity index (χ0n) is 7.12. The maximum Gasteiger partial charge on any atom is 0.488 e. The van der Waals surface area contributed by atoms with Crippen LogP contribution < -0.4 is 5.46 Å². The Kier molecular flexibility index (Phi) is 2.25. The van der Waals surface area contributed by atoms with Gasteiger partial charge in [0.05, 0.1) is 0 Å². The van der Waals surface area contributed by atoms with Crippen molar-refractivity contribution in [2.75, 3.05) is 0 Å². The maximum atomic E-state index is 8.85. The highest BCUT2D eigenvalue weighted by Gasteiger charge is 2.10. The van der Waals surface area contributed by atoms with Gasteiger partial charge in [-0.25, -0.2) is 0 Å². The standard InChI is InChI=1S/C7H7BN4O2/c13-8(14)6-3-1-5(2-4-6)7-9-11-12-10-7/h1-4,13-14H,(H,9,10,11,12). The molecule has 0 atom stereocenters. The first-order valence-electron chi connectivity index (χ1n) is 3.97. The number of H-pyrrole nitrogens is 1. The number of nitrogens with one attached hydrogen (secondary N) is 1. The van der Waals surface area contributed by atoms with Crippen LogP contribution in [0.15, 0.2) is 24.3 Å². The predicted molar refractivity (Wildman–Crippen MR) is 49.4 cm³/mol. The van der Waals surface area contributed by atoms with Gasteiger partial charge >= 0.3 is 7.12 Å². The van der Waals surface area contributed by atoms with Crippen molar-refractivity contribution in [1.29, 1.82) is 0 Å². The lowest BCUT2D eigenvalue weighted by molar-refractivity contribution is 0.426.